The Kier molecular flexibility index (Phi) is 5.59. The third kappa shape index (κ3) is 4.16. The predicted molar refractivity (Wildman–Crippen MR) is 124 cm³/mol. The molecule has 0 radical (unpaired) electrons. The maximum Gasteiger partial charge on any atom is 0.280 e. The molecule has 0 aromatic carbocycles. The van der Waals surface area contributed by atoms with Gasteiger partial charge in [-0.3, -0.25) is 19.4 Å². The van der Waals surface area contributed by atoms with Crippen molar-refractivity contribution in [1.82, 2.24) is 29.0 Å². The van der Waals surface area contributed by atoms with E-state index >= 15 is 0 Å². The minimum absolute atomic E-state index is 0.0965. The topological polar surface area (TPSA) is 114 Å². The highest BCUT2D eigenvalue weighted by Gasteiger charge is 2.35. The molecule has 1 aliphatic heterocycles. The largest absolute Gasteiger partial charge is 0.328 e. The Balaban J connectivity index is 1.53. The van der Waals surface area contributed by atoms with E-state index in [1.54, 1.807) is 17.2 Å². The highest BCUT2D eigenvalue weighted by Crippen LogP contribution is 2.24. The first-order valence-corrected chi connectivity index (χ1v) is 11.1. The molecule has 0 saturated carbocycles. The van der Waals surface area contributed by atoms with E-state index in [4.69, 9.17) is 0 Å². The second-order valence-corrected chi connectivity index (χ2v) is 8.36. The molecule has 1 N–H and O–H groups in total. The molecule has 11 heteroatoms. The molecule has 0 bridgehead atoms. The summed E-state index contributed by atoms with van der Waals surface area (Å²) < 4.78 is 15.9. The van der Waals surface area contributed by atoms with Gasteiger partial charge in [0.25, 0.3) is 11.5 Å². The van der Waals surface area contributed by atoms with Crippen LogP contribution in [0.3, 0.4) is 0 Å². The van der Waals surface area contributed by atoms with Gasteiger partial charge < -0.3 is 14.8 Å². The van der Waals surface area contributed by atoms with Crippen LogP contribution in [0.2, 0.25) is 0 Å². The third-order valence-electron chi connectivity index (χ3n) is 5.87. The Hall–Kier alpha value is -4.41. The van der Waals surface area contributed by atoms with Crippen molar-refractivity contribution in [3.8, 4) is 0 Å². The van der Waals surface area contributed by atoms with E-state index in [0.29, 0.717) is 17.8 Å². The number of amides is 2. The lowest BCUT2D eigenvalue weighted by atomic mass is 10.2. The summed E-state index contributed by atoms with van der Waals surface area (Å²) in [6.07, 6.45) is 3.27. The summed E-state index contributed by atoms with van der Waals surface area (Å²) in [7, 11) is 0. The van der Waals surface area contributed by atoms with Crippen LogP contribution in [0.4, 0.5) is 10.2 Å². The van der Waals surface area contributed by atoms with E-state index in [0.717, 1.165) is 17.5 Å². The zero-order valence-corrected chi connectivity index (χ0v) is 19.2. The van der Waals surface area contributed by atoms with Gasteiger partial charge >= 0.3 is 0 Å². The summed E-state index contributed by atoms with van der Waals surface area (Å²) in [4.78, 5) is 49.3. The zero-order valence-electron chi connectivity index (χ0n) is 19.2. The van der Waals surface area contributed by atoms with Crippen molar-refractivity contribution in [2.24, 2.45) is 0 Å². The van der Waals surface area contributed by atoms with Crippen LogP contribution in [0.25, 0.3) is 5.65 Å². The van der Waals surface area contributed by atoms with Crippen LogP contribution < -0.4 is 10.9 Å². The number of fused-ring (bicyclic) bond motifs is 2. The minimum Gasteiger partial charge on any atom is -0.328 e. The number of carbonyl (C=O) groups is 2. The first-order chi connectivity index (χ1) is 16.8. The lowest BCUT2D eigenvalue weighted by molar-refractivity contribution is -0.116. The Bertz CT molecular complexity index is 1510. The first kappa shape index (κ1) is 22.4. The van der Waals surface area contributed by atoms with E-state index in [2.05, 4.69) is 20.4 Å². The molecule has 178 valence electrons. The summed E-state index contributed by atoms with van der Waals surface area (Å²) in [6, 6.07) is 7.97. The van der Waals surface area contributed by atoms with E-state index < -0.39 is 11.7 Å². The number of rotatable bonds is 6. The molecule has 4 aromatic heterocycles. The third-order valence-corrected chi connectivity index (χ3v) is 5.87. The molecule has 0 unspecified atom stereocenters. The zero-order chi connectivity index (χ0) is 24.7. The van der Waals surface area contributed by atoms with Gasteiger partial charge in [-0.1, -0.05) is 13.0 Å². The van der Waals surface area contributed by atoms with Crippen LogP contribution in [0.1, 0.15) is 39.9 Å². The summed E-state index contributed by atoms with van der Waals surface area (Å²) in [5, 5.41) is 6.97. The van der Waals surface area contributed by atoms with Gasteiger partial charge in [-0.2, -0.15) is 9.61 Å². The van der Waals surface area contributed by atoms with Gasteiger partial charge in [-0.05, 0) is 37.1 Å². The molecule has 0 fully saturated rings. The van der Waals surface area contributed by atoms with Crippen LogP contribution >= 0.6 is 0 Å². The van der Waals surface area contributed by atoms with Crippen molar-refractivity contribution in [2.75, 3.05) is 5.32 Å². The highest BCUT2D eigenvalue weighted by atomic mass is 19.1. The molecular formula is C24H22FN7O3. The van der Waals surface area contributed by atoms with Crippen LogP contribution in [0.5, 0.6) is 0 Å². The smallest absolute Gasteiger partial charge is 0.280 e. The maximum atomic E-state index is 13.5. The van der Waals surface area contributed by atoms with Crippen LogP contribution in [0.15, 0.2) is 47.5 Å². The average molecular weight is 475 g/mol. The fourth-order valence-corrected chi connectivity index (χ4v) is 4.12. The quantitative estimate of drug-likeness (QED) is 0.457. The van der Waals surface area contributed by atoms with E-state index in [9.17, 15) is 18.8 Å². The second kappa shape index (κ2) is 8.75. The van der Waals surface area contributed by atoms with Crippen molar-refractivity contribution >= 4 is 23.3 Å². The molecule has 35 heavy (non-hydrogen) atoms. The SMILES string of the molecule is CCc1cc2n(CC(=O)Nc3ccc(F)cn3)c3c(c(=O)n2n1)CN(Cc1ccc(C)nc1)C3=O. The number of anilines is 1. The van der Waals surface area contributed by atoms with E-state index in [1.165, 1.54) is 21.2 Å². The van der Waals surface area contributed by atoms with Gasteiger partial charge in [0.05, 0.1) is 24.0 Å². The number of nitrogens with one attached hydrogen (secondary N) is 1. The van der Waals surface area contributed by atoms with Crippen molar-refractivity contribution < 1.29 is 14.0 Å². The lowest BCUT2D eigenvalue weighted by Gasteiger charge is -2.16. The summed E-state index contributed by atoms with van der Waals surface area (Å²) >= 11 is 0. The van der Waals surface area contributed by atoms with Gasteiger partial charge in [-0.15, -0.1) is 0 Å². The summed E-state index contributed by atoms with van der Waals surface area (Å²) in [5.74, 6) is -1.19. The Morgan fingerprint density at radius 3 is 2.66 bits per heavy atom. The Morgan fingerprint density at radius 2 is 1.97 bits per heavy atom. The first-order valence-electron chi connectivity index (χ1n) is 11.1. The molecule has 0 spiro atoms. The molecule has 0 atom stereocenters. The molecule has 10 nitrogen and oxygen atoms in total. The number of hydrogen-bond donors (Lipinski definition) is 1. The number of hydrogen-bond acceptors (Lipinski definition) is 6. The van der Waals surface area contributed by atoms with Gasteiger partial charge in [0.15, 0.2) is 0 Å². The van der Waals surface area contributed by atoms with Crippen LogP contribution in [-0.4, -0.2) is 40.9 Å². The van der Waals surface area contributed by atoms with Crippen molar-refractivity contribution in [3.63, 3.8) is 0 Å². The summed E-state index contributed by atoms with van der Waals surface area (Å²) in [6.45, 7) is 3.89. The van der Waals surface area contributed by atoms with Crippen molar-refractivity contribution in [2.45, 2.75) is 39.9 Å². The Labute approximate surface area is 199 Å². The fraction of sp³-hybridized carbons (Fsp3) is 0.250. The second-order valence-electron chi connectivity index (χ2n) is 8.36. The van der Waals surface area contributed by atoms with Gasteiger partial charge in [0.2, 0.25) is 5.91 Å². The number of aryl methyl sites for hydroxylation is 2. The molecule has 0 saturated heterocycles. The predicted octanol–water partition coefficient (Wildman–Crippen LogP) is 2.09. The fourth-order valence-electron chi connectivity index (χ4n) is 4.12. The molecule has 2 amide bonds. The average Bonchev–Trinajstić information content (AvgIpc) is 3.42. The monoisotopic (exact) mass is 475 g/mol. The molecule has 5 rings (SSSR count). The van der Waals surface area contributed by atoms with E-state index in [1.807, 2.05) is 26.0 Å². The number of pyridine rings is 2. The van der Waals surface area contributed by atoms with Gasteiger partial charge in [0.1, 0.15) is 29.5 Å². The number of carbonyl (C=O) groups excluding carboxylic acids is 2. The molecule has 5 heterocycles. The number of nitrogens with zero attached hydrogens (tertiary/aromatic N) is 6. The maximum absolute atomic E-state index is 13.5. The molecule has 1 aliphatic rings. The van der Waals surface area contributed by atoms with E-state index in [-0.39, 0.29) is 48.2 Å². The minimum atomic E-state index is -0.524. The van der Waals surface area contributed by atoms with Crippen LogP contribution in [-0.2, 0) is 30.8 Å². The standard InChI is InChI=1S/C24H22FN7O3/c1-3-17-8-21-31(13-20(33)28-19-7-6-16(25)10-27-19)22-18(23(34)32(21)29-17)12-30(24(22)35)11-15-5-4-14(2)26-9-15/h4-10H,3,11-13H2,1-2H3,(H,27,28,33). The van der Waals surface area contributed by atoms with Gasteiger partial charge in [0, 0.05) is 24.5 Å². The number of aromatic nitrogens is 5. The van der Waals surface area contributed by atoms with Crippen molar-refractivity contribution in [1.29, 1.82) is 0 Å². The molecular weight excluding hydrogens is 453 g/mol. The molecule has 0 aliphatic carbocycles. The Morgan fingerprint density at radius 1 is 1.14 bits per heavy atom. The normalized spacial score (nSPS) is 12.9. The number of halogens is 1. The van der Waals surface area contributed by atoms with Crippen LogP contribution in [0, 0.1) is 12.7 Å². The lowest BCUT2D eigenvalue weighted by Crippen LogP contribution is -2.30. The van der Waals surface area contributed by atoms with Gasteiger partial charge in [-0.25, -0.2) is 9.37 Å². The van der Waals surface area contributed by atoms with Crippen molar-refractivity contribution in [3.05, 3.63) is 87.1 Å². The highest BCUT2D eigenvalue weighted by molar-refractivity contribution is 5.98. The molecule has 4 aromatic rings. The summed E-state index contributed by atoms with van der Waals surface area (Å²) in [5.41, 5.74) is 2.75.